The first-order valence-electron chi connectivity index (χ1n) is 5.50. The van der Waals surface area contributed by atoms with Crippen molar-refractivity contribution in [1.82, 2.24) is 4.98 Å². The van der Waals surface area contributed by atoms with E-state index in [9.17, 15) is 0 Å². The summed E-state index contributed by atoms with van der Waals surface area (Å²) < 4.78 is 5.76. The van der Waals surface area contributed by atoms with Gasteiger partial charge in [-0.1, -0.05) is 6.07 Å². The van der Waals surface area contributed by atoms with Gasteiger partial charge in [0.2, 0.25) is 0 Å². The number of nitrogens with two attached hydrogens (primary N) is 1. The van der Waals surface area contributed by atoms with Gasteiger partial charge in [-0.25, -0.2) is 4.98 Å². The van der Waals surface area contributed by atoms with E-state index >= 15 is 0 Å². The van der Waals surface area contributed by atoms with Crippen LogP contribution in [0.2, 0.25) is 0 Å². The zero-order valence-electron chi connectivity index (χ0n) is 8.97. The van der Waals surface area contributed by atoms with Crippen LogP contribution in [0.4, 0.5) is 5.82 Å². The number of nitrogens with zero attached hydrogens (tertiary/aromatic N) is 2. The predicted molar refractivity (Wildman–Crippen MR) is 65.0 cm³/mol. The summed E-state index contributed by atoms with van der Waals surface area (Å²) in [6.45, 7) is 2.48. The van der Waals surface area contributed by atoms with E-state index in [0.717, 1.165) is 37.0 Å². The highest BCUT2D eigenvalue weighted by Gasteiger charge is 2.52. The molecule has 2 saturated heterocycles. The average Bonchev–Trinajstić information content (AvgIpc) is 2.57. The topological polar surface area (TPSA) is 51.4 Å². The van der Waals surface area contributed by atoms with E-state index in [1.807, 2.05) is 18.2 Å². The molecule has 3 heterocycles. The van der Waals surface area contributed by atoms with Crippen LogP contribution in [0, 0.1) is 0 Å². The molecule has 1 aromatic rings. The first kappa shape index (κ1) is 10.4. The summed E-state index contributed by atoms with van der Waals surface area (Å²) >= 11 is 4.24. The second kappa shape index (κ2) is 3.61. The summed E-state index contributed by atoms with van der Waals surface area (Å²) in [5.41, 5.74) is 5.94. The molecule has 86 valence electrons. The number of ether oxygens (including phenoxy) is 1. The van der Waals surface area contributed by atoms with Gasteiger partial charge in [-0.05, 0) is 18.6 Å². The normalized spacial score (nSPS) is 27.1. The molecule has 0 bridgehead atoms. The standard InChI is InChI=1S/C11H15N3OS/c12-8-4-5-15-11(8)6-14(7-11)9-2-1-3-10(16)13-9/h1-3,8H,4-7,12H2,(H,13,16). The van der Waals surface area contributed by atoms with Crippen molar-refractivity contribution in [3.8, 4) is 0 Å². The maximum Gasteiger partial charge on any atom is 0.130 e. The molecule has 1 aromatic heterocycles. The van der Waals surface area contributed by atoms with E-state index in [0.29, 0.717) is 0 Å². The molecule has 2 fully saturated rings. The number of aromatic nitrogens is 1. The Morgan fingerprint density at radius 3 is 2.94 bits per heavy atom. The average molecular weight is 237 g/mol. The molecule has 1 unspecified atom stereocenters. The second-order valence-electron chi connectivity index (χ2n) is 4.52. The van der Waals surface area contributed by atoms with Crippen LogP contribution in [0.25, 0.3) is 0 Å². The van der Waals surface area contributed by atoms with E-state index < -0.39 is 0 Å². The molecule has 2 N–H and O–H groups in total. The Kier molecular flexibility index (Phi) is 2.34. The molecule has 16 heavy (non-hydrogen) atoms. The van der Waals surface area contributed by atoms with Gasteiger partial charge in [0.25, 0.3) is 0 Å². The fourth-order valence-electron chi connectivity index (χ4n) is 2.44. The van der Waals surface area contributed by atoms with Crippen molar-refractivity contribution in [3.05, 3.63) is 18.2 Å². The lowest BCUT2D eigenvalue weighted by Crippen LogP contribution is -2.68. The van der Waals surface area contributed by atoms with Crippen LogP contribution >= 0.6 is 12.6 Å². The van der Waals surface area contributed by atoms with Gasteiger partial charge in [0.15, 0.2) is 0 Å². The highest BCUT2D eigenvalue weighted by atomic mass is 32.1. The van der Waals surface area contributed by atoms with Crippen LogP contribution in [0.5, 0.6) is 0 Å². The van der Waals surface area contributed by atoms with Crippen molar-refractivity contribution in [2.75, 3.05) is 24.6 Å². The molecular weight excluding hydrogens is 222 g/mol. The number of pyridine rings is 1. The first-order chi connectivity index (χ1) is 7.70. The molecule has 3 rings (SSSR count). The Morgan fingerprint density at radius 2 is 2.31 bits per heavy atom. The largest absolute Gasteiger partial charge is 0.370 e. The molecule has 2 aliphatic heterocycles. The molecule has 2 aliphatic rings. The smallest absolute Gasteiger partial charge is 0.130 e. The Balaban J connectivity index is 1.73. The molecular formula is C11H15N3OS. The van der Waals surface area contributed by atoms with Gasteiger partial charge in [-0.15, -0.1) is 12.6 Å². The lowest BCUT2D eigenvalue weighted by atomic mass is 9.87. The van der Waals surface area contributed by atoms with Crippen LogP contribution in [-0.4, -0.2) is 36.3 Å². The summed E-state index contributed by atoms with van der Waals surface area (Å²) in [5.74, 6) is 0.959. The van der Waals surface area contributed by atoms with Crippen molar-refractivity contribution in [3.63, 3.8) is 0 Å². The van der Waals surface area contributed by atoms with Gasteiger partial charge in [-0.3, -0.25) is 0 Å². The van der Waals surface area contributed by atoms with Crippen LogP contribution in [-0.2, 0) is 4.74 Å². The van der Waals surface area contributed by atoms with Crippen LogP contribution in [0.15, 0.2) is 23.2 Å². The van der Waals surface area contributed by atoms with Crippen molar-refractivity contribution in [2.45, 2.75) is 23.1 Å². The molecule has 0 saturated carbocycles. The van der Waals surface area contributed by atoms with Crippen molar-refractivity contribution >= 4 is 18.4 Å². The Morgan fingerprint density at radius 1 is 1.50 bits per heavy atom. The first-order valence-corrected chi connectivity index (χ1v) is 5.95. The third-order valence-electron chi connectivity index (χ3n) is 3.45. The lowest BCUT2D eigenvalue weighted by Gasteiger charge is -2.49. The van der Waals surface area contributed by atoms with Gasteiger partial charge in [0.05, 0.1) is 18.1 Å². The number of hydrogen-bond donors (Lipinski definition) is 2. The maximum atomic E-state index is 6.06. The maximum absolute atomic E-state index is 6.06. The van der Waals surface area contributed by atoms with Crippen molar-refractivity contribution < 1.29 is 4.74 Å². The quantitative estimate of drug-likeness (QED) is 0.705. The van der Waals surface area contributed by atoms with Gasteiger partial charge in [0, 0.05) is 12.6 Å². The molecule has 5 heteroatoms. The van der Waals surface area contributed by atoms with Crippen LogP contribution in [0.1, 0.15) is 6.42 Å². The highest BCUT2D eigenvalue weighted by molar-refractivity contribution is 7.80. The molecule has 0 aromatic carbocycles. The molecule has 0 aliphatic carbocycles. The van der Waals surface area contributed by atoms with E-state index in [1.165, 1.54) is 0 Å². The Hall–Kier alpha value is -0.780. The predicted octanol–water partition coefficient (Wildman–Crippen LogP) is 0.677. The minimum atomic E-state index is -0.117. The summed E-state index contributed by atoms with van der Waals surface area (Å²) in [7, 11) is 0. The number of rotatable bonds is 1. The van der Waals surface area contributed by atoms with Gasteiger partial charge < -0.3 is 15.4 Å². The fraction of sp³-hybridized carbons (Fsp3) is 0.545. The summed E-state index contributed by atoms with van der Waals surface area (Å²) in [4.78, 5) is 6.55. The van der Waals surface area contributed by atoms with Gasteiger partial charge >= 0.3 is 0 Å². The number of anilines is 1. The zero-order chi connectivity index (χ0) is 11.2. The summed E-state index contributed by atoms with van der Waals surface area (Å²) in [6, 6.07) is 6.00. The zero-order valence-corrected chi connectivity index (χ0v) is 9.86. The molecule has 0 amide bonds. The monoisotopic (exact) mass is 237 g/mol. The molecule has 4 nitrogen and oxygen atoms in total. The van der Waals surface area contributed by atoms with Gasteiger partial charge in [-0.2, -0.15) is 0 Å². The molecule has 1 atom stereocenters. The van der Waals surface area contributed by atoms with Gasteiger partial charge in [0.1, 0.15) is 11.4 Å². The third-order valence-corrected chi connectivity index (χ3v) is 3.70. The lowest BCUT2D eigenvalue weighted by molar-refractivity contribution is -0.0268. The van der Waals surface area contributed by atoms with E-state index in [2.05, 4.69) is 22.5 Å². The third kappa shape index (κ3) is 1.50. The minimum absolute atomic E-state index is 0.117. The second-order valence-corrected chi connectivity index (χ2v) is 4.98. The Bertz CT molecular complexity index is 406. The van der Waals surface area contributed by atoms with Crippen molar-refractivity contribution in [1.29, 1.82) is 0 Å². The summed E-state index contributed by atoms with van der Waals surface area (Å²) in [6.07, 6.45) is 0.966. The minimum Gasteiger partial charge on any atom is -0.370 e. The van der Waals surface area contributed by atoms with Crippen molar-refractivity contribution in [2.24, 2.45) is 5.73 Å². The fourth-order valence-corrected chi connectivity index (χ4v) is 2.62. The summed E-state index contributed by atoms with van der Waals surface area (Å²) in [5, 5.41) is 0.745. The van der Waals surface area contributed by atoms with E-state index in [1.54, 1.807) is 0 Å². The molecule has 0 radical (unpaired) electrons. The number of thiol groups is 1. The molecule has 1 spiro atoms. The van der Waals surface area contributed by atoms with E-state index in [4.69, 9.17) is 10.5 Å². The number of hydrogen-bond acceptors (Lipinski definition) is 5. The SMILES string of the molecule is NC1CCOC12CN(c1cccc(S)n1)C2. The van der Waals surface area contributed by atoms with Crippen LogP contribution in [0.3, 0.4) is 0 Å². The van der Waals surface area contributed by atoms with E-state index in [-0.39, 0.29) is 11.6 Å². The Labute approximate surface area is 100 Å². The van der Waals surface area contributed by atoms with Crippen LogP contribution < -0.4 is 10.6 Å². The highest BCUT2D eigenvalue weighted by Crippen LogP contribution is 2.36.